The first-order chi connectivity index (χ1) is 10.0. The lowest BCUT2D eigenvalue weighted by Crippen LogP contribution is -2.15. The molecule has 0 aliphatic heterocycles. The summed E-state index contributed by atoms with van der Waals surface area (Å²) in [5.74, 6) is 1.29. The fourth-order valence-corrected chi connectivity index (χ4v) is 3.49. The molecule has 0 fully saturated rings. The third kappa shape index (κ3) is 2.74. The second-order valence-electron chi connectivity index (χ2n) is 4.66. The predicted molar refractivity (Wildman–Crippen MR) is 84.9 cm³/mol. The van der Waals surface area contributed by atoms with E-state index in [1.165, 1.54) is 6.20 Å². The van der Waals surface area contributed by atoms with E-state index in [1.54, 1.807) is 16.2 Å². The monoisotopic (exact) mass is 322 g/mol. The number of H-pyrrole nitrogens is 1. The van der Waals surface area contributed by atoms with Gasteiger partial charge in [-0.2, -0.15) is 0 Å². The fraction of sp³-hybridized carbons (Fsp3) is 0.250. The van der Waals surface area contributed by atoms with Crippen LogP contribution in [-0.2, 0) is 16.6 Å². The molecule has 3 aromatic rings. The molecular formula is C12H14N6OS2. The first-order valence-electron chi connectivity index (χ1n) is 6.13. The van der Waals surface area contributed by atoms with Gasteiger partial charge in [0.25, 0.3) is 0 Å². The number of fused-ring (bicyclic) bond motifs is 1. The van der Waals surface area contributed by atoms with Crippen LogP contribution in [0.3, 0.4) is 0 Å². The summed E-state index contributed by atoms with van der Waals surface area (Å²) in [6.07, 6.45) is 1.54. The van der Waals surface area contributed by atoms with E-state index in [2.05, 4.69) is 19.9 Å². The van der Waals surface area contributed by atoms with Crippen LogP contribution in [0.5, 0.6) is 0 Å². The lowest BCUT2D eigenvalue weighted by molar-refractivity contribution is 0.676. The molecule has 3 rings (SSSR count). The van der Waals surface area contributed by atoms with Gasteiger partial charge in [-0.05, 0) is 0 Å². The van der Waals surface area contributed by atoms with Gasteiger partial charge in [0.2, 0.25) is 0 Å². The van der Waals surface area contributed by atoms with Crippen molar-refractivity contribution in [2.75, 3.05) is 24.7 Å². The first-order valence-corrected chi connectivity index (χ1v) is 8.40. The Balaban J connectivity index is 1.84. The Morgan fingerprint density at radius 2 is 2.19 bits per heavy atom. The molecule has 0 bridgehead atoms. The van der Waals surface area contributed by atoms with Gasteiger partial charge in [0, 0.05) is 24.9 Å². The van der Waals surface area contributed by atoms with Crippen LogP contribution < -0.4 is 10.6 Å². The van der Waals surface area contributed by atoms with Crippen molar-refractivity contribution < 1.29 is 4.21 Å². The maximum absolute atomic E-state index is 12.3. The van der Waals surface area contributed by atoms with Gasteiger partial charge in [-0.15, -0.1) is 11.3 Å². The Hall–Kier alpha value is -2.00. The molecule has 1 unspecified atom stereocenters. The molecule has 9 heteroatoms. The summed E-state index contributed by atoms with van der Waals surface area (Å²) in [6.45, 7) is 0. The van der Waals surface area contributed by atoms with E-state index in [9.17, 15) is 4.21 Å². The van der Waals surface area contributed by atoms with Crippen molar-refractivity contribution in [3.05, 3.63) is 22.8 Å². The van der Waals surface area contributed by atoms with Gasteiger partial charge in [-0.3, -0.25) is 4.21 Å². The normalized spacial score (nSPS) is 12.7. The van der Waals surface area contributed by atoms with Crippen molar-refractivity contribution >= 4 is 44.7 Å². The molecule has 1 atom stereocenters. The topological polar surface area (TPSA) is 101 Å². The van der Waals surface area contributed by atoms with Crippen molar-refractivity contribution in [2.24, 2.45) is 0 Å². The average Bonchev–Trinajstić information content (AvgIpc) is 3.01. The number of imidazole rings is 1. The highest BCUT2D eigenvalue weighted by Crippen LogP contribution is 2.20. The number of nitrogen functional groups attached to an aromatic ring is 1. The Bertz CT molecular complexity index is 781. The molecule has 0 radical (unpaired) electrons. The maximum Gasteiger partial charge on any atom is 0.197 e. The van der Waals surface area contributed by atoms with Gasteiger partial charge in [-0.25, -0.2) is 15.0 Å². The summed E-state index contributed by atoms with van der Waals surface area (Å²) < 4.78 is 12.3. The number of hydrogen-bond acceptors (Lipinski definition) is 7. The number of aromatic amines is 1. The van der Waals surface area contributed by atoms with Crippen LogP contribution in [0, 0.1) is 0 Å². The molecule has 0 saturated heterocycles. The smallest absolute Gasteiger partial charge is 0.197 e. The minimum atomic E-state index is -1.32. The van der Waals surface area contributed by atoms with Gasteiger partial charge in [-0.1, -0.05) is 0 Å². The summed E-state index contributed by atoms with van der Waals surface area (Å²) in [5, 5.41) is 4.29. The highest BCUT2D eigenvalue weighted by atomic mass is 32.2. The van der Waals surface area contributed by atoms with Gasteiger partial charge in [0.05, 0.1) is 34.0 Å². The number of nitrogens with one attached hydrogen (secondary N) is 1. The van der Waals surface area contributed by atoms with Gasteiger partial charge in [0.1, 0.15) is 11.3 Å². The zero-order valence-corrected chi connectivity index (χ0v) is 13.2. The van der Waals surface area contributed by atoms with E-state index in [0.717, 1.165) is 11.0 Å². The number of aromatic nitrogens is 4. The first kappa shape index (κ1) is 14.0. The molecule has 3 heterocycles. The van der Waals surface area contributed by atoms with E-state index in [-0.39, 0.29) is 5.75 Å². The SMILES string of the molecule is CN(C)c1nc(CS(=O)c2nc3cscc3[nH]2)ncc1N. The third-order valence-electron chi connectivity index (χ3n) is 2.85. The van der Waals surface area contributed by atoms with Crippen molar-refractivity contribution in [1.82, 2.24) is 19.9 Å². The highest BCUT2D eigenvalue weighted by molar-refractivity contribution is 7.84. The number of nitrogens with zero attached hydrogens (tertiary/aromatic N) is 4. The fourth-order valence-electron chi connectivity index (χ4n) is 1.86. The zero-order chi connectivity index (χ0) is 15.0. The largest absolute Gasteiger partial charge is 0.394 e. The van der Waals surface area contributed by atoms with E-state index >= 15 is 0 Å². The van der Waals surface area contributed by atoms with E-state index in [1.807, 2.05) is 24.9 Å². The summed E-state index contributed by atoms with van der Waals surface area (Å²) in [6, 6.07) is 0. The Morgan fingerprint density at radius 1 is 1.38 bits per heavy atom. The molecule has 0 spiro atoms. The van der Waals surface area contributed by atoms with Crippen molar-refractivity contribution in [1.29, 1.82) is 0 Å². The summed E-state index contributed by atoms with van der Waals surface area (Å²) in [5.41, 5.74) is 8.03. The standard InChI is InChI=1S/C12H14N6OS2/c1-18(2)11-7(13)3-14-10(17-11)6-21(19)12-15-8-4-20-5-9(8)16-12/h3-5H,6,13H2,1-2H3,(H,15,16). The molecule has 3 N–H and O–H groups in total. The molecule has 110 valence electrons. The molecule has 0 amide bonds. The molecule has 3 aromatic heterocycles. The number of anilines is 2. The van der Waals surface area contributed by atoms with E-state index < -0.39 is 10.8 Å². The maximum atomic E-state index is 12.3. The number of thiophene rings is 1. The van der Waals surface area contributed by atoms with Crippen LogP contribution >= 0.6 is 11.3 Å². The Kier molecular flexibility index (Phi) is 3.60. The zero-order valence-electron chi connectivity index (χ0n) is 11.5. The highest BCUT2D eigenvalue weighted by Gasteiger charge is 2.14. The van der Waals surface area contributed by atoms with Gasteiger partial charge in [0.15, 0.2) is 11.0 Å². The average molecular weight is 322 g/mol. The van der Waals surface area contributed by atoms with E-state index in [0.29, 0.717) is 22.5 Å². The van der Waals surface area contributed by atoms with Crippen LogP contribution in [0.15, 0.2) is 22.1 Å². The predicted octanol–water partition coefficient (Wildman–Crippen LogP) is 1.37. The van der Waals surface area contributed by atoms with Gasteiger partial charge < -0.3 is 15.6 Å². The molecule has 0 aliphatic rings. The lowest BCUT2D eigenvalue weighted by atomic mass is 10.4. The number of hydrogen-bond donors (Lipinski definition) is 2. The quantitative estimate of drug-likeness (QED) is 0.752. The molecule has 7 nitrogen and oxygen atoms in total. The minimum Gasteiger partial charge on any atom is -0.394 e. The number of rotatable bonds is 4. The molecule has 0 aromatic carbocycles. The Labute approximate surface area is 127 Å². The van der Waals surface area contributed by atoms with Crippen LogP contribution in [-0.4, -0.2) is 38.2 Å². The van der Waals surface area contributed by atoms with E-state index in [4.69, 9.17) is 5.73 Å². The second kappa shape index (κ2) is 5.41. The number of nitrogens with two attached hydrogens (primary N) is 1. The molecule has 0 saturated carbocycles. The summed E-state index contributed by atoms with van der Waals surface area (Å²) in [7, 11) is 2.37. The van der Waals surface area contributed by atoms with Crippen molar-refractivity contribution in [3.63, 3.8) is 0 Å². The minimum absolute atomic E-state index is 0.195. The van der Waals surface area contributed by atoms with Crippen molar-refractivity contribution in [3.8, 4) is 0 Å². The molecule has 0 aliphatic carbocycles. The van der Waals surface area contributed by atoms with Crippen LogP contribution in [0.1, 0.15) is 5.82 Å². The summed E-state index contributed by atoms with van der Waals surface area (Å²) >= 11 is 1.55. The molecule has 21 heavy (non-hydrogen) atoms. The summed E-state index contributed by atoms with van der Waals surface area (Å²) in [4.78, 5) is 17.6. The second-order valence-corrected chi connectivity index (χ2v) is 6.77. The van der Waals surface area contributed by atoms with Crippen LogP contribution in [0.25, 0.3) is 11.0 Å². The van der Waals surface area contributed by atoms with Crippen LogP contribution in [0.4, 0.5) is 11.5 Å². The van der Waals surface area contributed by atoms with Crippen molar-refractivity contribution in [2.45, 2.75) is 10.9 Å². The van der Waals surface area contributed by atoms with Gasteiger partial charge >= 0.3 is 0 Å². The molecular weight excluding hydrogens is 308 g/mol. The van der Waals surface area contributed by atoms with Crippen LogP contribution in [0.2, 0.25) is 0 Å². The Morgan fingerprint density at radius 3 is 2.90 bits per heavy atom. The lowest BCUT2D eigenvalue weighted by Gasteiger charge is -2.14. The third-order valence-corrected chi connectivity index (χ3v) is 4.73.